The van der Waals surface area contributed by atoms with Crippen molar-refractivity contribution in [3.8, 4) is 0 Å². The summed E-state index contributed by atoms with van der Waals surface area (Å²) in [5, 5.41) is 27.8. The van der Waals surface area contributed by atoms with Crippen LogP contribution in [-0.2, 0) is 19.6 Å². The van der Waals surface area contributed by atoms with Gasteiger partial charge in [-0.05, 0) is 43.4 Å². The Hall–Kier alpha value is -1.90. The van der Waals surface area contributed by atoms with Crippen LogP contribution in [0, 0.1) is 11.3 Å². The lowest BCUT2D eigenvalue weighted by atomic mass is 9.76. The zero-order chi connectivity index (χ0) is 30.3. The molecule has 1 saturated carbocycles. The van der Waals surface area contributed by atoms with E-state index in [1.54, 1.807) is 0 Å². The number of likely N-dealkylation sites (tertiary alicyclic amines) is 1. The van der Waals surface area contributed by atoms with Gasteiger partial charge in [0.1, 0.15) is 12.1 Å². The van der Waals surface area contributed by atoms with Crippen LogP contribution in [0.2, 0.25) is 0 Å². The van der Waals surface area contributed by atoms with Crippen LogP contribution in [0.25, 0.3) is 0 Å². The fraction of sp³-hybridized carbons (Fsp3) is 0.885. The minimum atomic E-state index is -3.46. The molecule has 2 fully saturated rings. The summed E-state index contributed by atoms with van der Waals surface area (Å²) in [7, 11) is -3.70. The molecule has 0 unspecified atom stereocenters. The highest BCUT2D eigenvalue weighted by molar-refractivity contribution is 7.88. The predicted molar refractivity (Wildman–Crippen MR) is 155 cm³/mol. The first-order chi connectivity index (χ1) is 18.6. The van der Waals surface area contributed by atoms with Gasteiger partial charge in [-0.2, -0.15) is 0 Å². The molecule has 0 aromatic rings. The molecular weight excluding hydrogens is 537 g/mol. The Kier molecular flexibility index (Phi) is 12.7. The zero-order valence-corrected chi connectivity index (χ0v) is 25.8. The van der Waals surface area contributed by atoms with Gasteiger partial charge in [0.25, 0.3) is 0 Å². The Morgan fingerprint density at radius 2 is 1.65 bits per heavy atom. The first-order valence-electron chi connectivity index (χ1n) is 14.5. The molecule has 1 heterocycles. The highest BCUT2D eigenvalue weighted by atomic mass is 32.2. The summed E-state index contributed by atoms with van der Waals surface area (Å²) in [5.74, 6) is -1.67. The van der Waals surface area contributed by atoms with Gasteiger partial charge in [-0.3, -0.25) is 9.59 Å². The molecule has 0 bridgehead atoms. The lowest BCUT2D eigenvalue weighted by Gasteiger charge is -2.37. The maximum absolute atomic E-state index is 13.9. The van der Waals surface area contributed by atoms with Crippen molar-refractivity contribution in [2.45, 2.75) is 110 Å². The first-order valence-corrected chi connectivity index (χ1v) is 16.4. The molecule has 1 saturated heterocycles. The Labute approximate surface area is 240 Å². The van der Waals surface area contributed by atoms with Gasteiger partial charge >= 0.3 is 13.1 Å². The summed E-state index contributed by atoms with van der Waals surface area (Å²) in [6.45, 7) is 8.03. The number of urea groups is 1. The van der Waals surface area contributed by atoms with Crippen LogP contribution >= 0.6 is 0 Å². The lowest BCUT2D eigenvalue weighted by molar-refractivity contribution is -0.141. The van der Waals surface area contributed by atoms with Crippen molar-refractivity contribution >= 4 is 35.0 Å². The van der Waals surface area contributed by atoms with Gasteiger partial charge in [0.15, 0.2) is 0 Å². The Morgan fingerprint density at radius 3 is 2.17 bits per heavy atom. The Balaban J connectivity index is 2.22. The number of hydrogen-bond donors (Lipinski definition) is 5. The number of carbonyl (C=O) groups excluding carboxylic acids is 3. The van der Waals surface area contributed by atoms with E-state index in [1.807, 2.05) is 27.7 Å². The number of nitrogens with one attached hydrogen (secondary N) is 3. The maximum atomic E-state index is 13.9. The molecule has 0 spiro atoms. The average molecular weight is 588 g/mol. The van der Waals surface area contributed by atoms with Crippen molar-refractivity contribution < 1.29 is 32.8 Å². The summed E-state index contributed by atoms with van der Waals surface area (Å²) in [6, 6.07) is -2.68. The van der Waals surface area contributed by atoms with E-state index in [-0.39, 0.29) is 18.4 Å². The van der Waals surface area contributed by atoms with Gasteiger partial charge in [-0.25, -0.2) is 17.5 Å². The molecule has 1 aliphatic carbocycles. The normalized spacial score (nSPS) is 21.0. The number of likely N-dealkylation sites (N-methyl/N-ethyl adjacent to an activating group) is 1. The van der Waals surface area contributed by atoms with E-state index in [4.69, 9.17) is 0 Å². The topological polar surface area (TPSA) is 168 Å². The molecule has 230 valence electrons. The fourth-order valence-corrected chi connectivity index (χ4v) is 5.91. The highest BCUT2D eigenvalue weighted by Crippen LogP contribution is 2.29. The zero-order valence-electron chi connectivity index (χ0n) is 25.0. The summed E-state index contributed by atoms with van der Waals surface area (Å²) >= 11 is 0. The molecule has 1 aliphatic heterocycles. The molecular formula is C26H50BN5O7S. The number of amides is 4. The van der Waals surface area contributed by atoms with Crippen molar-refractivity contribution in [2.24, 2.45) is 11.3 Å². The van der Waals surface area contributed by atoms with Crippen LogP contribution in [0.1, 0.15) is 85.5 Å². The van der Waals surface area contributed by atoms with Gasteiger partial charge < -0.3 is 30.9 Å². The second-order valence-corrected chi connectivity index (χ2v) is 14.6. The fourth-order valence-electron chi connectivity index (χ4n) is 5.49. The van der Waals surface area contributed by atoms with E-state index in [9.17, 15) is 32.8 Å². The van der Waals surface area contributed by atoms with E-state index in [1.165, 1.54) is 16.3 Å². The molecule has 2 aliphatic rings. The molecule has 4 amide bonds. The van der Waals surface area contributed by atoms with E-state index in [0.29, 0.717) is 32.2 Å². The second-order valence-electron chi connectivity index (χ2n) is 12.5. The van der Waals surface area contributed by atoms with Crippen LogP contribution < -0.4 is 16.0 Å². The van der Waals surface area contributed by atoms with Crippen molar-refractivity contribution in [3.05, 3.63) is 0 Å². The number of nitrogens with zero attached hydrogens (tertiary/aromatic N) is 2. The van der Waals surface area contributed by atoms with Gasteiger partial charge in [0.2, 0.25) is 21.8 Å². The van der Waals surface area contributed by atoms with Crippen molar-refractivity contribution in [3.63, 3.8) is 0 Å². The third-order valence-corrected chi connectivity index (χ3v) is 9.44. The highest BCUT2D eigenvalue weighted by Gasteiger charge is 2.42. The maximum Gasteiger partial charge on any atom is 0.475 e. The van der Waals surface area contributed by atoms with Gasteiger partial charge in [-0.1, -0.05) is 53.4 Å². The van der Waals surface area contributed by atoms with Crippen LogP contribution in [0.15, 0.2) is 0 Å². The molecule has 12 nitrogen and oxygen atoms in total. The molecule has 0 radical (unpaired) electrons. The number of rotatable bonds is 12. The molecule has 4 atom stereocenters. The van der Waals surface area contributed by atoms with E-state index in [0.717, 1.165) is 38.4 Å². The third-order valence-electron chi connectivity index (χ3n) is 8.16. The summed E-state index contributed by atoms with van der Waals surface area (Å²) in [4.78, 5) is 41.9. The van der Waals surface area contributed by atoms with Crippen molar-refractivity contribution in [1.29, 1.82) is 0 Å². The van der Waals surface area contributed by atoms with Crippen LogP contribution in [0.3, 0.4) is 0 Å². The Bertz CT molecular complexity index is 969. The van der Waals surface area contributed by atoms with E-state index < -0.39 is 58.6 Å². The van der Waals surface area contributed by atoms with Gasteiger partial charge in [-0.15, -0.1) is 0 Å². The quantitative estimate of drug-likeness (QED) is 0.211. The Morgan fingerprint density at radius 1 is 1.02 bits per heavy atom. The first kappa shape index (κ1) is 34.3. The van der Waals surface area contributed by atoms with Gasteiger partial charge in [0, 0.05) is 26.2 Å². The molecule has 0 aromatic carbocycles. The minimum Gasteiger partial charge on any atom is -0.426 e. The minimum absolute atomic E-state index is 0.0712. The molecule has 5 N–H and O–H groups in total. The molecule has 2 rings (SSSR count). The largest absolute Gasteiger partial charge is 0.475 e. The van der Waals surface area contributed by atoms with Crippen LogP contribution in [-0.4, -0.2) is 103 Å². The number of sulfonamides is 1. The summed E-state index contributed by atoms with van der Waals surface area (Å²) < 4.78 is 25.2. The van der Waals surface area contributed by atoms with Crippen molar-refractivity contribution in [1.82, 2.24) is 25.2 Å². The van der Waals surface area contributed by atoms with Gasteiger partial charge in [0.05, 0.1) is 12.2 Å². The molecule has 40 heavy (non-hydrogen) atoms. The number of hydrogen-bond acceptors (Lipinski definition) is 7. The standard InChI is InChI=1S/C26H50BN5O7S/c1-7-12-21(27(36)37)29-23(33)19-15-11-16-32(19)24(34)22(18-13-9-8-10-14-18)30-25(35)28-20(26(2,3)4)17-31(5)40(6,38)39/h18-22,36-37H,7-17H2,1-6H3,(H,29,33)(H2,28,30,35)/t19-,20+,21-,22-/m0/s1. The SMILES string of the molecule is CCC[C@H](NC(=O)[C@@H]1CCCN1C(=O)[C@@H](NC(=O)N[C@H](CN(C)S(C)(=O)=O)C(C)(C)C)C1CCCCC1)B(O)O. The average Bonchev–Trinajstić information content (AvgIpc) is 3.35. The van der Waals surface area contributed by atoms with Crippen molar-refractivity contribution in [2.75, 3.05) is 26.4 Å². The van der Waals surface area contributed by atoms with Crippen LogP contribution in [0.5, 0.6) is 0 Å². The third kappa shape index (κ3) is 9.88. The molecule has 0 aromatic heterocycles. The smallest absolute Gasteiger partial charge is 0.426 e. The van der Waals surface area contributed by atoms with Crippen LogP contribution in [0.4, 0.5) is 4.79 Å². The summed E-state index contributed by atoms with van der Waals surface area (Å²) in [6.07, 6.45) is 7.71. The predicted octanol–water partition coefficient (Wildman–Crippen LogP) is 0.829. The monoisotopic (exact) mass is 587 g/mol. The van der Waals surface area contributed by atoms with E-state index in [2.05, 4.69) is 16.0 Å². The summed E-state index contributed by atoms with van der Waals surface area (Å²) in [5.41, 5.74) is -0.467. The number of carbonyl (C=O) groups is 3. The lowest BCUT2D eigenvalue weighted by Crippen LogP contribution is -2.60. The van der Waals surface area contributed by atoms with E-state index >= 15 is 0 Å². The molecule has 14 heteroatoms. The second kappa shape index (κ2) is 14.8.